The Bertz CT molecular complexity index is 915. The first kappa shape index (κ1) is 16.8. The topological polar surface area (TPSA) is 76.6 Å². The van der Waals surface area contributed by atoms with E-state index >= 15 is 0 Å². The normalized spacial score (nSPS) is 10.6. The second-order valence-corrected chi connectivity index (χ2v) is 6.97. The van der Waals surface area contributed by atoms with E-state index in [0.29, 0.717) is 27.3 Å². The zero-order chi connectivity index (χ0) is 17.1. The molecule has 0 spiro atoms. The predicted molar refractivity (Wildman–Crippen MR) is 93.6 cm³/mol. The van der Waals surface area contributed by atoms with E-state index in [4.69, 9.17) is 16.3 Å². The largest absolute Gasteiger partial charge is 0.496 e. The van der Waals surface area contributed by atoms with Crippen LogP contribution in [0.2, 0.25) is 5.15 Å². The molecule has 0 aliphatic heterocycles. The highest BCUT2D eigenvalue weighted by Crippen LogP contribution is 2.38. The van der Waals surface area contributed by atoms with Crippen LogP contribution in [0.15, 0.2) is 33.6 Å². The summed E-state index contributed by atoms with van der Waals surface area (Å²) < 4.78 is 12.1. The summed E-state index contributed by atoms with van der Waals surface area (Å²) in [6, 6.07) is 9.73. The summed E-state index contributed by atoms with van der Waals surface area (Å²) in [7, 11) is 1.62. The van der Waals surface area contributed by atoms with Gasteiger partial charge >= 0.3 is 0 Å². The van der Waals surface area contributed by atoms with Crippen molar-refractivity contribution in [2.45, 2.75) is 22.8 Å². The smallest absolute Gasteiger partial charge is 0.197 e. The Labute approximate surface area is 152 Å². The van der Waals surface area contributed by atoms with E-state index in [1.807, 2.05) is 35.8 Å². The van der Waals surface area contributed by atoms with Gasteiger partial charge in [0.1, 0.15) is 21.6 Å². The van der Waals surface area contributed by atoms with Crippen LogP contribution in [0, 0.1) is 11.3 Å². The Morgan fingerprint density at radius 1 is 1.38 bits per heavy atom. The summed E-state index contributed by atoms with van der Waals surface area (Å²) in [5.41, 5.74) is 1.24. The third-order valence-corrected chi connectivity index (χ3v) is 5.66. The van der Waals surface area contributed by atoms with Crippen molar-refractivity contribution in [2.75, 3.05) is 7.11 Å². The SMILES string of the molecule is CCn1c(Sc2snc(Cl)c2C#N)nnc1-c1ccccc1OC. The first-order valence-electron chi connectivity index (χ1n) is 6.99. The van der Waals surface area contributed by atoms with Crippen molar-refractivity contribution < 1.29 is 4.74 Å². The molecule has 0 fully saturated rings. The number of nitriles is 1. The lowest BCUT2D eigenvalue weighted by molar-refractivity contribution is 0.416. The van der Waals surface area contributed by atoms with Gasteiger partial charge in [0.05, 0.1) is 12.7 Å². The number of halogens is 1. The molecule has 0 amide bonds. The standard InChI is InChI=1S/C15H12ClN5OS2/c1-3-21-13(9-6-4-5-7-11(9)22-2)18-19-15(21)23-14-10(8-17)12(16)20-24-14/h4-7H,3H2,1-2H3. The minimum Gasteiger partial charge on any atom is -0.496 e. The molecule has 0 aliphatic carbocycles. The fourth-order valence-electron chi connectivity index (χ4n) is 2.18. The molecule has 0 saturated carbocycles. The number of benzene rings is 1. The van der Waals surface area contributed by atoms with Crippen LogP contribution in [0.25, 0.3) is 11.4 Å². The average Bonchev–Trinajstić information content (AvgIpc) is 3.18. The lowest BCUT2D eigenvalue weighted by atomic mass is 10.2. The van der Waals surface area contributed by atoms with Gasteiger partial charge in [-0.05, 0) is 42.4 Å². The predicted octanol–water partition coefficient (Wildman–Crippen LogP) is 4.11. The zero-order valence-electron chi connectivity index (χ0n) is 12.9. The van der Waals surface area contributed by atoms with E-state index in [9.17, 15) is 5.26 Å². The maximum Gasteiger partial charge on any atom is 0.197 e. The number of ether oxygens (including phenoxy) is 1. The Balaban J connectivity index is 2.03. The number of rotatable bonds is 5. The molecule has 0 radical (unpaired) electrons. The molecule has 0 unspecified atom stereocenters. The van der Waals surface area contributed by atoms with Crippen LogP contribution >= 0.6 is 34.9 Å². The maximum atomic E-state index is 9.20. The first-order valence-corrected chi connectivity index (χ1v) is 8.96. The van der Waals surface area contributed by atoms with Crippen LogP contribution in [0.3, 0.4) is 0 Å². The minimum absolute atomic E-state index is 0.220. The van der Waals surface area contributed by atoms with Crippen LogP contribution in [0.5, 0.6) is 5.75 Å². The summed E-state index contributed by atoms with van der Waals surface area (Å²) in [6.07, 6.45) is 0. The van der Waals surface area contributed by atoms with Crippen molar-refractivity contribution in [3.8, 4) is 23.2 Å². The highest BCUT2D eigenvalue weighted by molar-refractivity contribution is 8.01. The Morgan fingerprint density at radius 3 is 2.88 bits per heavy atom. The van der Waals surface area contributed by atoms with Crippen LogP contribution in [-0.2, 0) is 6.54 Å². The molecule has 0 bridgehead atoms. The molecule has 0 N–H and O–H groups in total. The van der Waals surface area contributed by atoms with E-state index in [0.717, 1.165) is 11.3 Å². The van der Waals surface area contributed by atoms with Gasteiger partial charge in [-0.2, -0.15) is 9.64 Å². The quantitative estimate of drug-likeness (QED) is 0.666. The van der Waals surface area contributed by atoms with Gasteiger partial charge < -0.3 is 9.30 Å². The molecule has 1 aromatic carbocycles. The van der Waals surface area contributed by atoms with E-state index in [2.05, 4.69) is 20.6 Å². The number of hydrogen-bond donors (Lipinski definition) is 0. The summed E-state index contributed by atoms with van der Waals surface area (Å²) in [5, 5.41) is 18.7. The third-order valence-electron chi connectivity index (χ3n) is 3.30. The molecule has 24 heavy (non-hydrogen) atoms. The Morgan fingerprint density at radius 2 is 2.17 bits per heavy atom. The number of nitrogens with zero attached hydrogens (tertiary/aromatic N) is 5. The Hall–Kier alpha value is -2.08. The monoisotopic (exact) mass is 377 g/mol. The summed E-state index contributed by atoms with van der Waals surface area (Å²) >= 11 is 8.45. The Kier molecular flexibility index (Phi) is 5.04. The number of aromatic nitrogens is 4. The zero-order valence-corrected chi connectivity index (χ0v) is 15.2. The maximum absolute atomic E-state index is 9.20. The van der Waals surface area contributed by atoms with Gasteiger partial charge in [-0.1, -0.05) is 23.7 Å². The fraction of sp³-hybridized carbons (Fsp3) is 0.200. The van der Waals surface area contributed by atoms with E-state index in [1.165, 1.54) is 23.3 Å². The van der Waals surface area contributed by atoms with Gasteiger partial charge in [0.25, 0.3) is 0 Å². The van der Waals surface area contributed by atoms with Crippen LogP contribution in [0.1, 0.15) is 12.5 Å². The van der Waals surface area contributed by atoms with Crippen LogP contribution in [-0.4, -0.2) is 26.2 Å². The molecular weight excluding hydrogens is 366 g/mol. The van der Waals surface area contributed by atoms with Crippen LogP contribution in [0.4, 0.5) is 0 Å². The van der Waals surface area contributed by atoms with Crippen molar-refractivity contribution in [3.63, 3.8) is 0 Å². The number of hydrogen-bond acceptors (Lipinski definition) is 7. The van der Waals surface area contributed by atoms with Crippen molar-refractivity contribution in [2.24, 2.45) is 0 Å². The highest BCUT2D eigenvalue weighted by Gasteiger charge is 2.20. The lowest BCUT2D eigenvalue weighted by Crippen LogP contribution is -2.00. The summed E-state index contributed by atoms with van der Waals surface area (Å²) in [6.45, 7) is 2.69. The molecule has 0 atom stereocenters. The van der Waals surface area contributed by atoms with Crippen molar-refractivity contribution in [1.82, 2.24) is 19.1 Å². The molecule has 6 nitrogen and oxygen atoms in total. The molecule has 3 aromatic rings. The lowest BCUT2D eigenvalue weighted by Gasteiger charge is -2.09. The molecule has 0 saturated heterocycles. The minimum atomic E-state index is 0.220. The fourth-order valence-corrected chi connectivity index (χ4v) is 4.32. The molecule has 0 aliphatic rings. The summed E-state index contributed by atoms with van der Waals surface area (Å²) in [4.78, 5) is 0. The number of para-hydroxylation sites is 1. The van der Waals surface area contributed by atoms with E-state index < -0.39 is 0 Å². The molecule has 3 rings (SSSR count). The molecular formula is C15H12ClN5OS2. The van der Waals surface area contributed by atoms with E-state index in [1.54, 1.807) is 7.11 Å². The van der Waals surface area contributed by atoms with E-state index in [-0.39, 0.29) is 5.15 Å². The molecule has 2 heterocycles. The molecule has 2 aromatic heterocycles. The highest BCUT2D eigenvalue weighted by atomic mass is 35.5. The molecule has 9 heteroatoms. The van der Waals surface area contributed by atoms with Gasteiger partial charge in [-0.15, -0.1) is 10.2 Å². The van der Waals surface area contributed by atoms with Gasteiger partial charge in [-0.3, -0.25) is 0 Å². The molecule has 122 valence electrons. The average molecular weight is 378 g/mol. The van der Waals surface area contributed by atoms with Gasteiger partial charge in [0.2, 0.25) is 0 Å². The van der Waals surface area contributed by atoms with Gasteiger partial charge in [0.15, 0.2) is 16.1 Å². The number of methoxy groups -OCH3 is 1. The van der Waals surface area contributed by atoms with Gasteiger partial charge in [0, 0.05) is 6.54 Å². The van der Waals surface area contributed by atoms with Crippen molar-refractivity contribution in [1.29, 1.82) is 5.26 Å². The second kappa shape index (κ2) is 7.21. The van der Waals surface area contributed by atoms with Crippen molar-refractivity contribution in [3.05, 3.63) is 35.0 Å². The third kappa shape index (κ3) is 2.98. The van der Waals surface area contributed by atoms with Crippen molar-refractivity contribution >= 4 is 34.9 Å². The second-order valence-electron chi connectivity index (χ2n) is 4.60. The first-order chi connectivity index (χ1) is 11.7. The summed E-state index contributed by atoms with van der Waals surface area (Å²) in [5.74, 6) is 1.45. The van der Waals surface area contributed by atoms with Crippen LogP contribution < -0.4 is 4.74 Å². The van der Waals surface area contributed by atoms with Gasteiger partial charge in [-0.25, -0.2) is 0 Å².